The Kier molecular flexibility index (Phi) is 3.65. The van der Waals surface area contributed by atoms with Gasteiger partial charge in [0.05, 0.1) is 4.88 Å². The number of hydrogen-bond donors (Lipinski definition) is 0. The van der Waals surface area contributed by atoms with E-state index in [0.29, 0.717) is 5.41 Å². The minimum Gasteiger partial charge on any atom is -0.338 e. The summed E-state index contributed by atoms with van der Waals surface area (Å²) in [5.41, 5.74) is 1.82. The van der Waals surface area contributed by atoms with Crippen molar-refractivity contribution in [2.45, 2.75) is 52.9 Å². The van der Waals surface area contributed by atoms with Crippen molar-refractivity contribution in [3.8, 4) is 0 Å². The van der Waals surface area contributed by atoms with E-state index in [2.05, 4.69) is 26.8 Å². The monoisotopic (exact) mass is 291 g/mol. The van der Waals surface area contributed by atoms with Crippen LogP contribution >= 0.6 is 11.3 Å². The molecule has 20 heavy (non-hydrogen) atoms. The summed E-state index contributed by atoms with van der Waals surface area (Å²) >= 11 is 1.75. The van der Waals surface area contributed by atoms with Gasteiger partial charge >= 0.3 is 0 Å². The van der Waals surface area contributed by atoms with Gasteiger partial charge in [-0.15, -0.1) is 11.3 Å². The molecule has 1 amide bonds. The highest BCUT2D eigenvalue weighted by Crippen LogP contribution is 2.40. The Morgan fingerprint density at radius 2 is 2.00 bits per heavy atom. The molecule has 0 aromatic carbocycles. The number of nitrogens with zero attached hydrogens (tertiary/aromatic N) is 1. The first-order chi connectivity index (χ1) is 9.45. The Morgan fingerprint density at radius 1 is 1.30 bits per heavy atom. The van der Waals surface area contributed by atoms with E-state index < -0.39 is 0 Å². The van der Waals surface area contributed by atoms with E-state index >= 15 is 0 Å². The molecule has 0 radical (unpaired) electrons. The number of hydrogen-bond acceptors (Lipinski definition) is 2. The average molecular weight is 291 g/mol. The van der Waals surface area contributed by atoms with Crippen molar-refractivity contribution < 1.29 is 4.79 Å². The third kappa shape index (κ3) is 2.65. The van der Waals surface area contributed by atoms with Crippen LogP contribution in [0.3, 0.4) is 0 Å². The highest BCUT2D eigenvalue weighted by molar-refractivity contribution is 7.14. The number of likely N-dealkylation sites (tertiary alicyclic amines) is 1. The van der Waals surface area contributed by atoms with Gasteiger partial charge < -0.3 is 4.90 Å². The third-order valence-corrected chi connectivity index (χ3v) is 6.14. The number of amides is 1. The summed E-state index contributed by atoms with van der Waals surface area (Å²) < 4.78 is 0. The number of carbonyl (C=O) groups excluding carboxylic acids is 1. The lowest BCUT2D eigenvalue weighted by Gasteiger charge is -2.33. The highest BCUT2D eigenvalue weighted by atomic mass is 32.1. The maximum absolute atomic E-state index is 12.5. The molecule has 2 aliphatic rings. The molecule has 1 fully saturated rings. The molecule has 0 saturated carbocycles. The predicted molar refractivity (Wildman–Crippen MR) is 84.4 cm³/mol. The van der Waals surface area contributed by atoms with Gasteiger partial charge in [-0.2, -0.15) is 0 Å². The van der Waals surface area contributed by atoms with Crippen LogP contribution < -0.4 is 0 Å². The molecule has 1 aliphatic carbocycles. The number of rotatable bonds is 1. The number of fused-ring (bicyclic) bond motifs is 1. The summed E-state index contributed by atoms with van der Waals surface area (Å²) in [7, 11) is 0. The van der Waals surface area contributed by atoms with Crippen LogP contribution in [0.25, 0.3) is 0 Å². The van der Waals surface area contributed by atoms with Gasteiger partial charge in [0.15, 0.2) is 0 Å². The fourth-order valence-electron chi connectivity index (χ4n) is 3.44. The fraction of sp³-hybridized carbons (Fsp3) is 0.706. The fourth-order valence-corrected chi connectivity index (χ4v) is 4.62. The molecule has 3 heteroatoms. The zero-order chi connectivity index (χ0) is 14.3. The largest absolute Gasteiger partial charge is 0.338 e. The van der Waals surface area contributed by atoms with Crippen molar-refractivity contribution in [3.05, 3.63) is 21.4 Å². The lowest BCUT2D eigenvalue weighted by Crippen LogP contribution is -2.27. The predicted octanol–water partition coefficient (Wildman–Crippen LogP) is 4.14. The van der Waals surface area contributed by atoms with E-state index in [4.69, 9.17) is 0 Å². The van der Waals surface area contributed by atoms with Gasteiger partial charge in [0.2, 0.25) is 0 Å². The van der Waals surface area contributed by atoms with Crippen LogP contribution in [0.4, 0.5) is 0 Å². The number of thiophene rings is 1. The summed E-state index contributed by atoms with van der Waals surface area (Å²) in [5.74, 6) is 1.02. The molecule has 2 heterocycles. The van der Waals surface area contributed by atoms with Gasteiger partial charge in [-0.05, 0) is 55.1 Å². The molecule has 0 spiro atoms. The van der Waals surface area contributed by atoms with Gasteiger partial charge in [0.25, 0.3) is 5.91 Å². The van der Waals surface area contributed by atoms with Crippen molar-refractivity contribution in [3.63, 3.8) is 0 Å². The molecule has 1 atom stereocenters. The van der Waals surface area contributed by atoms with Crippen LogP contribution in [-0.2, 0) is 12.8 Å². The van der Waals surface area contributed by atoms with Crippen molar-refractivity contribution in [1.29, 1.82) is 0 Å². The maximum Gasteiger partial charge on any atom is 0.263 e. The zero-order valence-electron chi connectivity index (χ0n) is 12.9. The van der Waals surface area contributed by atoms with Crippen molar-refractivity contribution in [2.75, 3.05) is 13.1 Å². The Morgan fingerprint density at radius 3 is 2.65 bits per heavy atom. The molecule has 110 valence electrons. The van der Waals surface area contributed by atoms with Gasteiger partial charge in [-0.1, -0.05) is 20.8 Å². The average Bonchev–Trinajstić information content (AvgIpc) is 3.05. The van der Waals surface area contributed by atoms with Crippen LogP contribution in [0, 0.1) is 11.3 Å². The van der Waals surface area contributed by atoms with Gasteiger partial charge in [0.1, 0.15) is 0 Å². The van der Waals surface area contributed by atoms with Crippen molar-refractivity contribution >= 4 is 17.2 Å². The molecule has 3 rings (SSSR count). The first-order valence-corrected chi connectivity index (χ1v) is 8.67. The van der Waals surface area contributed by atoms with Crippen LogP contribution in [0.2, 0.25) is 0 Å². The van der Waals surface area contributed by atoms with Gasteiger partial charge in [-0.3, -0.25) is 4.79 Å². The Labute approximate surface area is 126 Å². The third-order valence-electron chi connectivity index (χ3n) is 4.91. The lowest BCUT2D eigenvalue weighted by molar-refractivity contribution is 0.0797. The summed E-state index contributed by atoms with van der Waals surface area (Å²) in [4.78, 5) is 16.9. The SMILES string of the molecule is CC(C)(C)C1CCc2sc(C(=O)N3CCCC3)cc2C1. The first kappa shape index (κ1) is 14.1. The maximum atomic E-state index is 12.5. The normalized spacial score (nSPS) is 22.9. The van der Waals surface area contributed by atoms with E-state index in [1.165, 1.54) is 29.7 Å². The summed E-state index contributed by atoms with van der Waals surface area (Å²) in [6.07, 6.45) is 5.93. The molecular weight excluding hydrogens is 266 g/mol. The molecule has 1 aromatic rings. The van der Waals surface area contributed by atoms with Crippen LogP contribution in [-0.4, -0.2) is 23.9 Å². The number of carbonyl (C=O) groups is 1. The topological polar surface area (TPSA) is 20.3 Å². The summed E-state index contributed by atoms with van der Waals surface area (Å²) in [6, 6.07) is 2.19. The van der Waals surface area contributed by atoms with Crippen molar-refractivity contribution in [1.82, 2.24) is 4.90 Å². The quantitative estimate of drug-likeness (QED) is 0.761. The van der Waals surface area contributed by atoms with E-state index in [1.807, 2.05) is 4.90 Å². The summed E-state index contributed by atoms with van der Waals surface area (Å²) in [5, 5.41) is 0. The molecule has 1 aliphatic heterocycles. The number of aryl methyl sites for hydroxylation is 1. The van der Waals surface area contributed by atoms with Crippen molar-refractivity contribution in [2.24, 2.45) is 11.3 Å². The van der Waals surface area contributed by atoms with E-state index in [1.54, 1.807) is 11.3 Å². The Balaban J connectivity index is 1.78. The molecule has 1 saturated heterocycles. The van der Waals surface area contributed by atoms with Gasteiger partial charge in [-0.25, -0.2) is 0 Å². The second kappa shape index (κ2) is 5.18. The molecule has 1 aromatic heterocycles. The minimum atomic E-state index is 0.272. The van der Waals surface area contributed by atoms with Gasteiger partial charge in [0, 0.05) is 18.0 Å². The first-order valence-electron chi connectivity index (χ1n) is 7.86. The second-order valence-corrected chi connectivity index (χ2v) is 8.50. The minimum absolute atomic E-state index is 0.272. The smallest absolute Gasteiger partial charge is 0.263 e. The Hall–Kier alpha value is -0.830. The summed E-state index contributed by atoms with van der Waals surface area (Å²) in [6.45, 7) is 8.92. The van der Waals surface area contributed by atoms with Crippen LogP contribution in [0.15, 0.2) is 6.07 Å². The molecule has 1 unspecified atom stereocenters. The zero-order valence-corrected chi connectivity index (χ0v) is 13.7. The van der Waals surface area contributed by atoms with Crippen LogP contribution in [0.1, 0.15) is 60.1 Å². The molecule has 0 N–H and O–H groups in total. The lowest BCUT2D eigenvalue weighted by atomic mass is 9.72. The molecule has 0 bridgehead atoms. The Bertz CT molecular complexity index is 506. The van der Waals surface area contributed by atoms with E-state index in [9.17, 15) is 4.79 Å². The molecule has 2 nitrogen and oxygen atoms in total. The highest BCUT2D eigenvalue weighted by Gasteiger charge is 2.31. The second-order valence-electron chi connectivity index (χ2n) is 7.36. The van der Waals surface area contributed by atoms with E-state index in [0.717, 1.165) is 36.7 Å². The van der Waals surface area contributed by atoms with E-state index in [-0.39, 0.29) is 5.91 Å². The van der Waals surface area contributed by atoms with Crippen LogP contribution in [0.5, 0.6) is 0 Å². The standard InChI is InChI=1S/C17H25NOS/c1-17(2,3)13-6-7-14-12(10-13)11-15(20-14)16(19)18-8-4-5-9-18/h11,13H,4-10H2,1-3H3. The molecular formula is C17H25NOS.